The molecule has 0 aromatic heterocycles. The number of carbonyl (C=O) groups is 3. The third kappa shape index (κ3) is 9.43. The lowest BCUT2D eigenvalue weighted by atomic mass is 9.74. The molecule has 0 rings (SSSR count). The van der Waals surface area contributed by atoms with E-state index in [1.807, 2.05) is 21.0 Å². The number of aliphatic hydroxyl groups excluding tert-OH is 1. The van der Waals surface area contributed by atoms with Crippen LogP contribution in [-0.4, -0.2) is 54.6 Å². The summed E-state index contributed by atoms with van der Waals surface area (Å²) < 4.78 is 0. The van der Waals surface area contributed by atoms with E-state index in [4.69, 9.17) is 0 Å². The zero-order valence-corrected chi connectivity index (χ0v) is 18.2. The summed E-state index contributed by atoms with van der Waals surface area (Å²) in [6, 6.07) is 0. The maximum absolute atomic E-state index is 12.7. The van der Waals surface area contributed by atoms with Crippen molar-refractivity contribution in [2.45, 2.75) is 72.8 Å². The average Bonchev–Trinajstić information content (AvgIpc) is 2.58. The van der Waals surface area contributed by atoms with E-state index in [9.17, 15) is 19.5 Å². The first-order valence-corrected chi connectivity index (χ1v) is 9.92. The number of rotatable bonds is 14. The van der Waals surface area contributed by atoms with Crippen LogP contribution in [0.2, 0.25) is 0 Å². The fraction of sp³-hybridized carbons (Fsp3) is 0.773. The Morgan fingerprint density at radius 3 is 2.22 bits per heavy atom. The Hall–Kier alpha value is -1.33. The molecule has 0 bridgehead atoms. The number of carbonyl (C=O) groups excluding carboxylic acids is 3. The predicted octanol–water partition coefficient (Wildman–Crippen LogP) is 3.44. The minimum atomic E-state index is -0.995. The molecule has 0 heterocycles. The number of allylic oxidation sites excluding steroid dienone is 1. The Morgan fingerprint density at radius 1 is 1.11 bits per heavy atom. The first-order chi connectivity index (χ1) is 12.4. The van der Waals surface area contributed by atoms with Crippen molar-refractivity contribution < 1.29 is 19.5 Å². The molecular formula is C22H39NO4. The number of Topliss-reactive ketones (excluding diaryl/α,β-unsaturated/α-hetero) is 2. The van der Waals surface area contributed by atoms with Gasteiger partial charge in [0.25, 0.3) is 0 Å². The van der Waals surface area contributed by atoms with Crippen LogP contribution in [0, 0.1) is 17.3 Å². The van der Waals surface area contributed by atoms with E-state index >= 15 is 0 Å². The highest BCUT2D eigenvalue weighted by Crippen LogP contribution is 2.30. The van der Waals surface area contributed by atoms with Crippen molar-refractivity contribution in [3.8, 4) is 0 Å². The van der Waals surface area contributed by atoms with Gasteiger partial charge in [0, 0.05) is 36.6 Å². The number of nitrogens with zero attached hydrogens (tertiary/aromatic N) is 1. The van der Waals surface area contributed by atoms with E-state index in [0.29, 0.717) is 19.1 Å². The molecule has 3 atom stereocenters. The molecule has 0 aliphatic carbocycles. The largest absolute Gasteiger partial charge is 0.392 e. The highest BCUT2D eigenvalue weighted by molar-refractivity contribution is 5.88. The maximum atomic E-state index is 12.7. The second-order valence-electron chi connectivity index (χ2n) is 8.65. The van der Waals surface area contributed by atoms with Gasteiger partial charge in [-0.3, -0.25) is 9.59 Å². The molecule has 5 nitrogen and oxygen atoms in total. The van der Waals surface area contributed by atoms with Gasteiger partial charge in [0.1, 0.15) is 17.9 Å². The number of aldehydes is 1. The van der Waals surface area contributed by atoms with Crippen molar-refractivity contribution in [3.63, 3.8) is 0 Å². The van der Waals surface area contributed by atoms with Gasteiger partial charge in [0.05, 0.1) is 6.10 Å². The maximum Gasteiger partial charge on any atom is 0.143 e. The minimum Gasteiger partial charge on any atom is -0.392 e. The predicted molar refractivity (Wildman–Crippen MR) is 110 cm³/mol. The quantitative estimate of drug-likeness (QED) is 0.368. The summed E-state index contributed by atoms with van der Waals surface area (Å²) in [5.41, 5.74) is 0.231. The molecule has 0 aliphatic heterocycles. The number of hydrogen-bond donors (Lipinski definition) is 1. The van der Waals surface area contributed by atoms with Crippen LogP contribution in [0.1, 0.15) is 66.7 Å². The SMILES string of the molecule is C/C(=C/CCN(C)C)CCC(=O)[C@H](C)CC(C)C(=O)C(C)(C)[C@@H](O)CC=O. The number of ketones is 2. The number of hydrogen-bond acceptors (Lipinski definition) is 5. The molecule has 0 fully saturated rings. The molecule has 0 saturated heterocycles. The van der Waals surface area contributed by atoms with Gasteiger partial charge in [-0.2, -0.15) is 0 Å². The summed E-state index contributed by atoms with van der Waals surface area (Å²) in [5.74, 6) is -0.466. The van der Waals surface area contributed by atoms with Crippen LogP contribution in [0.5, 0.6) is 0 Å². The van der Waals surface area contributed by atoms with E-state index in [0.717, 1.165) is 19.4 Å². The highest BCUT2D eigenvalue weighted by atomic mass is 16.3. The molecular weight excluding hydrogens is 342 g/mol. The topological polar surface area (TPSA) is 74.7 Å². The van der Waals surface area contributed by atoms with E-state index in [1.54, 1.807) is 20.8 Å². The Labute approximate surface area is 165 Å². The highest BCUT2D eigenvalue weighted by Gasteiger charge is 2.38. The monoisotopic (exact) mass is 381 g/mol. The van der Waals surface area contributed by atoms with E-state index < -0.39 is 11.5 Å². The van der Waals surface area contributed by atoms with Gasteiger partial charge in [0.15, 0.2) is 0 Å². The number of aliphatic hydroxyl groups is 1. The Balaban J connectivity index is 4.57. The molecule has 0 radical (unpaired) electrons. The fourth-order valence-electron chi connectivity index (χ4n) is 3.19. The van der Waals surface area contributed by atoms with Crippen molar-refractivity contribution in [2.24, 2.45) is 17.3 Å². The van der Waals surface area contributed by atoms with Gasteiger partial charge in [-0.15, -0.1) is 0 Å². The molecule has 5 heteroatoms. The fourth-order valence-corrected chi connectivity index (χ4v) is 3.19. The molecule has 0 spiro atoms. The Morgan fingerprint density at radius 2 is 1.70 bits per heavy atom. The van der Waals surface area contributed by atoms with Gasteiger partial charge in [-0.05, 0) is 40.3 Å². The molecule has 156 valence electrons. The summed E-state index contributed by atoms with van der Waals surface area (Å²) in [6.45, 7) is 10.0. The zero-order valence-electron chi connectivity index (χ0n) is 18.2. The lowest BCUT2D eigenvalue weighted by Crippen LogP contribution is -2.41. The van der Waals surface area contributed by atoms with Crippen LogP contribution in [0.15, 0.2) is 11.6 Å². The summed E-state index contributed by atoms with van der Waals surface area (Å²) in [7, 11) is 4.08. The second-order valence-corrected chi connectivity index (χ2v) is 8.65. The second kappa shape index (κ2) is 12.2. The first kappa shape index (κ1) is 25.7. The molecule has 27 heavy (non-hydrogen) atoms. The zero-order chi connectivity index (χ0) is 21.2. The van der Waals surface area contributed by atoms with Crippen LogP contribution in [-0.2, 0) is 14.4 Å². The van der Waals surface area contributed by atoms with Crippen LogP contribution < -0.4 is 0 Å². The standard InChI is InChI=1S/C22H39NO4/c1-16(9-8-13-23(6)7)10-11-19(25)17(2)15-18(3)21(27)22(4,5)20(26)12-14-24/h9,14,17-18,20,26H,8,10-13,15H2,1-7H3/b16-9-/t17-,18?,20+/m1/s1. The molecule has 1 N–H and O–H groups in total. The van der Waals surface area contributed by atoms with Crippen LogP contribution >= 0.6 is 0 Å². The van der Waals surface area contributed by atoms with Gasteiger partial charge in [-0.1, -0.05) is 39.3 Å². The van der Waals surface area contributed by atoms with Crippen LogP contribution in [0.4, 0.5) is 0 Å². The lowest BCUT2D eigenvalue weighted by molar-refractivity contribution is -0.138. The van der Waals surface area contributed by atoms with E-state index in [2.05, 4.69) is 17.9 Å². The molecule has 0 amide bonds. The minimum absolute atomic E-state index is 0.0562. The summed E-state index contributed by atoms with van der Waals surface area (Å²) >= 11 is 0. The van der Waals surface area contributed by atoms with Gasteiger partial charge in [0.2, 0.25) is 0 Å². The van der Waals surface area contributed by atoms with Crippen molar-refractivity contribution in [3.05, 3.63) is 11.6 Å². The smallest absolute Gasteiger partial charge is 0.143 e. The Bertz CT molecular complexity index is 522. The third-order valence-corrected chi connectivity index (χ3v) is 5.33. The molecule has 0 aromatic carbocycles. The molecule has 1 unspecified atom stereocenters. The van der Waals surface area contributed by atoms with E-state index in [1.165, 1.54) is 5.57 Å². The van der Waals surface area contributed by atoms with Gasteiger partial charge < -0.3 is 14.8 Å². The van der Waals surface area contributed by atoms with Crippen LogP contribution in [0.25, 0.3) is 0 Å². The molecule has 0 saturated carbocycles. The summed E-state index contributed by atoms with van der Waals surface area (Å²) in [5, 5.41) is 10.1. The lowest BCUT2D eigenvalue weighted by Gasteiger charge is -2.31. The van der Waals surface area contributed by atoms with Crippen molar-refractivity contribution in [1.29, 1.82) is 0 Å². The molecule has 0 aliphatic rings. The summed E-state index contributed by atoms with van der Waals surface area (Å²) in [6.07, 6.45) is 4.45. The van der Waals surface area contributed by atoms with E-state index in [-0.39, 0.29) is 29.8 Å². The van der Waals surface area contributed by atoms with Crippen molar-refractivity contribution in [2.75, 3.05) is 20.6 Å². The van der Waals surface area contributed by atoms with Crippen molar-refractivity contribution >= 4 is 17.9 Å². The summed E-state index contributed by atoms with van der Waals surface area (Å²) in [4.78, 5) is 37.9. The average molecular weight is 382 g/mol. The third-order valence-electron chi connectivity index (χ3n) is 5.33. The molecule has 0 aromatic rings. The normalized spacial score (nSPS) is 16.1. The Kier molecular flexibility index (Phi) is 11.6. The van der Waals surface area contributed by atoms with Gasteiger partial charge in [-0.25, -0.2) is 0 Å². The first-order valence-electron chi connectivity index (χ1n) is 9.92. The van der Waals surface area contributed by atoms with Crippen molar-refractivity contribution in [1.82, 2.24) is 4.90 Å². The van der Waals surface area contributed by atoms with Crippen LogP contribution in [0.3, 0.4) is 0 Å². The van der Waals surface area contributed by atoms with Gasteiger partial charge >= 0.3 is 0 Å².